The molecular formula is C9H13NO2S. The van der Waals surface area contributed by atoms with E-state index in [9.17, 15) is 5.11 Å². The van der Waals surface area contributed by atoms with E-state index in [0.717, 1.165) is 17.1 Å². The van der Waals surface area contributed by atoms with Crippen LogP contribution < -0.4 is 0 Å². The molecule has 0 amide bonds. The lowest BCUT2D eigenvalue weighted by Gasteiger charge is -2.38. The average molecular weight is 199 g/mol. The van der Waals surface area contributed by atoms with E-state index < -0.39 is 0 Å². The molecule has 0 saturated carbocycles. The van der Waals surface area contributed by atoms with Crippen LogP contribution in [0.4, 0.5) is 0 Å². The normalized spacial score (nSPS) is 19.8. The number of aryl methyl sites for hydroxylation is 1. The van der Waals surface area contributed by atoms with Crippen molar-refractivity contribution in [3.8, 4) is 0 Å². The third kappa shape index (κ3) is 1.39. The van der Waals surface area contributed by atoms with Gasteiger partial charge in [-0.1, -0.05) is 6.92 Å². The number of aliphatic hydroxyl groups is 1. The first-order valence-corrected chi connectivity index (χ1v) is 5.32. The van der Waals surface area contributed by atoms with Crippen LogP contribution in [-0.4, -0.2) is 29.9 Å². The van der Waals surface area contributed by atoms with Gasteiger partial charge in [-0.15, -0.1) is 11.3 Å². The Kier molecular flexibility index (Phi) is 2.36. The highest BCUT2D eigenvalue weighted by atomic mass is 32.1. The summed E-state index contributed by atoms with van der Waals surface area (Å²) >= 11 is 1.66. The average Bonchev–Trinajstić information content (AvgIpc) is 2.52. The molecule has 0 radical (unpaired) electrons. The molecule has 4 heteroatoms. The van der Waals surface area contributed by atoms with Gasteiger partial charge in [-0.2, -0.15) is 0 Å². The predicted octanol–water partition coefficient (Wildman–Crippen LogP) is 0.966. The Balaban J connectivity index is 2.23. The van der Waals surface area contributed by atoms with Gasteiger partial charge in [0.05, 0.1) is 35.9 Å². The second kappa shape index (κ2) is 3.36. The number of aromatic nitrogens is 1. The standard InChI is InChI=1S/C9H13NO2S/c1-2-8-10-7(3-13-8)9(4-11)5-12-6-9/h3,11H,2,4-6H2,1H3. The van der Waals surface area contributed by atoms with Crippen molar-refractivity contribution >= 4 is 11.3 Å². The Hall–Kier alpha value is -0.450. The molecule has 1 N–H and O–H groups in total. The van der Waals surface area contributed by atoms with Gasteiger partial charge in [0.15, 0.2) is 0 Å². The van der Waals surface area contributed by atoms with Crippen LogP contribution in [0, 0.1) is 0 Å². The number of nitrogens with zero attached hydrogens (tertiary/aromatic N) is 1. The molecule has 1 aromatic heterocycles. The lowest BCUT2D eigenvalue weighted by molar-refractivity contribution is -0.0859. The molecule has 0 spiro atoms. The summed E-state index contributed by atoms with van der Waals surface area (Å²) in [4.78, 5) is 4.47. The Morgan fingerprint density at radius 2 is 2.46 bits per heavy atom. The van der Waals surface area contributed by atoms with Crippen molar-refractivity contribution in [2.45, 2.75) is 18.8 Å². The minimum absolute atomic E-state index is 0.139. The van der Waals surface area contributed by atoms with Crippen LogP contribution in [0.5, 0.6) is 0 Å². The molecule has 2 heterocycles. The summed E-state index contributed by atoms with van der Waals surface area (Å²) in [5.74, 6) is 0. The van der Waals surface area contributed by atoms with Crippen molar-refractivity contribution in [3.63, 3.8) is 0 Å². The van der Waals surface area contributed by atoms with Gasteiger partial charge >= 0.3 is 0 Å². The fraction of sp³-hybridized carbons (Fsp3) is 0.667. The minimum Gasteiger partial charge on any atom is -0.395 e. The molecule has 1 fully saturated rings. The molecule has 1 aliphatic rings. The zero-order chi connectivity index (χ0) is 9.31. The van der Waals surface area contributed by atoms with Gasteiger partial charge in [-0.25, -0.2) is 4.98 Å². The van der Waals surface area contributed by atoms with Crippen LogP contribution in [0.2, 0.25) is 0 Å². The van der Waals surface area contributed by atoms with Crippen LogP contribution in [0.1, 0.15) is 17.6 Å². The van der Waals surface area contributed by atoms with Gasteiger partial charge in [-0.3, -0.25) is 0 Å². The first-order valence-electron chi connectivity index (χ1n) is 4.44. The highest BCUT2D eigenvalue weighted by molar-refractivity contribution is 7.09. The van der Waals surface area contributed by atoms with Crippen molar-refractivity contribution in [2.24, 2.45) is 0 Å². The van der Waals surface area contributed by atoms with Crippen molar-refractivity contribution in [1.29, 1.82) is 0 Å². The first kappa shape index (κ1) is 9.12. The number of thiazole rings is 1. The van der Waals surface area contributed by atoms with E-state index in [1.54, 1.807) is 11.3 Å². The van der Waals surface area contributed by atoms with Gasteiger partial charge < -0.3 is 9.84 Å². The van der Waals surface area contributed by atoms with E-state index in [0.29, 0.717) is 13.2 Å². The molecule has 0 aliphatic carbocycles. The largest absolute Gasteiger partial charge is 0.395 e. The minimum atomic E-state index is -0.191. The molecule has 0 atom stereocenters. The molecule has 0 bridgehead atoms. The van der Waals surface area contributed by atoms with E-state index in [2.05, 4.69) is 11.9 Å². The number of hydrogen-bond acceptors (Lipinski definition) is 4. The van der Waals surface area contributed by atoms with Gasteiger partial charge in [0.25, 0.3) is 0 Å². The molecule has 0 aromatic carbocycles. The molecule has 2 rings (SSSR count). The van der Waals surface area contributed by atoms with Crippen molar-refractivity contribution < 1.29 is 9.84 Å². The number of ether oxygens (including phenoxy) is 1. The Labute approximate surface area is 81.4 Å². The third-order valence-corrected chi connectivity index (χ3v) is 3.45. The van der Waals surface area contributed by atoms with Crippen LogP contribution in [-0.2, 0) is 16.6 Å². The smallest absolute Gasteiger partial charge is 0.0925 e. The van der Waals surface area contributed by atoms with Crippen LogP contribution in [0.25, 0.3) is 0 Å². The molecule has 3 nitrogen and oxygen atoms in total. The van der Waals surface area contributed by atoms with Crippen LogP contribution >= 0.6 is 11.3 Å². The summed E-state index contributed by atoms with van der Waals surface area (Å²) < 4.78 is 5.13. The van der Waals surface area contributed by atoms with E-state index in [-0.39, 0.29) is 12.0 Å². The number of rotatable bonds is 3. The highest BCUT2D eigenvalue weighted by Crippen LogP contribution is 2.32. The topological polar surface area (TPSA) is 42.4 Å². The molecule has 13 heavy (non-hydrogen) atoms. The van der Waals surface area contributed by atoms with Gasteiger partial charge in [-0.05, 0) is 6.42 Å². The summed E-state index contributed by atoms with van der Waals surface area (Å²) in [6.07, 6.45) is 0.965. The fourth-order valence-electron chi connectivity index (χ4n) is 1.39. The maximum atomic E-state index is 9.26. The quantitative estimate of drug-likeness (QED) is 0.788. The SMILES string of the molecule is CCc1nc(C2(CO)COC2)cs1. The van der Waals surface area contributed by atoms with E-state index in [4.69, 9.17) is 4.74 Å². The summed E-state index contributed by atoms with van der Waals surface area (Å²) in [6.45, 7) is 3.44. The summed E-state index contributed by atoms with van der Waals surface area (Å²) in [6, 6.07) is 0. The zero-order valence-corrected chi connectivity index (χ0v) is 8.43. The monoisotopic (exact) mass is 199 g/mol. The van der Waals surface area contributed by atoms with Crippen molar-refractivity contribution in [2.75, 3.05) is 19.8 Å². The summed E-state index contributed by atoms with van der Waals surface area (Å²) in [7, 11) is 0. The first-order chi connectivity index (χ1) is 6.30. The fourth-order valence-corrected chi connectivity index (χ4v) is 2.25. The van der Waals surface area contributed by atoms with Crippen molar-refractivity contribution in [1.82, 2.24) is 4.98 Å². The number of aliphatic hydroxyl groups excluding tert-OH is 1. The second-order valence-electron chi connectivity index (χ2n) is 3.41. The lowest BCUT2D eigenvalue weighted by atomic mass is 9.84. The summed E-state index contributed by atoms with van der Waals surface area (Å²) in [5, 5.41) is 12.4. The van der Waals surface area contributed by atoms with Crippen LogP contribution in [0.15, 0.2) is 5.38 Å². The van der Waals surface area contributed by atoms with E-state index in [1.807, 2.05) is 5.38 Å². The highest BCUT2D eigenvalue weighted by Gasteiger charge is 2.41. The van der Waals surface area contributed by atoms with Gasteiger partial charge in [0.1, 0.15) is 0 Å². The molecule has 1 aromatic rings. The van der Waals surface area contributed by atoms with Crippen molar-refractivity contribution in [3.05, 3.63) is 16.1 Å². The number of hydrogen-bond donors (Lipinski definition) is 1. The molecule has 1 aliphatic heterocycles. The lowest BCUT2D eigenvalue weighted by Crippen LogP contribution is -2.50. The van der Waals surface area contributed by atoms with Gasteiger partial charge in [0, 0.05) is 5.38 Å². The predicted molar refractivity (Wildman–Crippen MR) is 51.1 cm³/mol. The molecular weight excluding hydrogens is 186 g/mol. The van der Waals surface area contributed by atoms with Gasteiger partial charge in [0.2, 0.25) is 0 Å². The second-order valence-corrected chi connectivity index (χ2v) is 4.35. The maximum absolute atomic E-state index is 9.26. The third-order valence-electron chi connectivity index (χ3n) is 2.46. The Bertz CT molecular complexity index is 288. The summed E-state index contributed by atoms with van der Waals surface area (Å²) in [5.41, 5.74) is 0.812. The van der Waals surface area contributed by atoms with Crippen LogP contribution in [0.3, 0.4) is 0 Å². The van der Waals surface area contributed by atoms with E-state index >= 15 is 0 Å². The maximum Gasteiger partial charge on any atom is 0.0925 e. The Morgan fingerprint density at radius 3 is 2.85 bits per heavy atom. The molecule has 72 valence electrons. The van der Waals surface area contributed by atoms with E-state index in [1.165, 1.54) is 0 Å². The zero-order valence-electron chi connectivity index (χ0n) is 7.62. The molecule has 1 saturated heterocycles. The molecule has 0 unspecified atom stereocenters. The Morgan fingerprint density at radius 1 is 1.69 bits per heavy atom.